The van der Waals surface area contributed by atoms with Crippen molar-refractivity contribution in [1.82, 2.24) is 24.6 Å². The average Bonchev–Trinajstić information content (AvgIpc) is 3.10. The minimum atomic E-state index is -0.476. The average molecular weight is 366 g/mol. The summed E-state index contributed by atoms with van der Waals surface area (Å²) in [6.45, 7) is 7.60. The van der Waals surface area contributed by atoms with Gasteiger partial charge in [0.15, 0.2) is 5.15 Å². The summed E-state index contributed by atoms with van der Waals surface area (Å²) in [5, 5.41) is 15.2. The molecule has 0 fully saturated rings. The molecule has 0 radical (unpaired) electrons. The highest BCUT2D eigenvalue weighted by Crippen LogP contribution is 2.22. The van der Waals surface area contributed by atoms with Crippen molar-refractivity contribution >= 4 is 11.6 Å². The van der Waals surface area contributed by atoms with Gasteiger partial charge in [-0.3, -0.25) is 9.58 Å². The third-order valence-corrected chi connectivity index (χ3v) is 5.08. The third-order valence-electron chi connectivity index (χ3n) is 4.77. The lowest BCUT2D eigenvalue weighted by Gasteiger charge is -2.18. The van der Waals surface area contributed by atoms with Crippen molar-refractivity contribution in [3.8, 4) is 0 Å². The maximum absolute atomic E-state index is 10.0. The summed E-state index contributed by atoms with van der Waals surface area (Å²) in [6, 6.07) is 2.04. The van der Waals surface area contributed by atoms with Crippen LogP contribution in [0.4, 0.5) is 0 Å². The predicted octanol–water partition coefficient (Wildman–Crippen LogP) is 3.45. The van der Waals surface area contributed by atoms with Gasteiger partial charge in [0.1, 0.15) is 5.82 Å². The van der Waals surface area contributed by atoms with Crippen LogP contribution in [-0.4, -0.2) is 36.3 Å². The van der Waals surface area contributed by atoms with Gasteiger partial charge in [-0.25, -0.2) is 4.98 Å². The standard InChI is InChI=1S/C18H28ClN5O/c1-3-5-7-17-20-15(18(19)21-17)12-23-8-6-9-24-13(11-23)10-14(22-24)16(25)4-2/h10,16,25H,3-9,11-12H2,1-2H3,(H,20,21)/t16-/m1/s1. The molecule has 7 heteroatoms. The first-order valence-corrected chi connectivity index (χ1v) is 9.68. The Bertz CT molecular complexity index is 696. The summed E-state index contributed by atoms with van der Waals surface area (Å²) in [4.78, 5) is 10.2. The van der Waals surface area contributed by atoms with Gasteiger partial charge in [0.2, 0.25) is 0 Å². The minimum absolute atomic E-state index is 0.476. The number of aromatic amines is 1. The van der Waals surface area contributed by atoms with E-state index in [0.717, 1.165) is 74.8 Å². The van der Waals surface area contributed by atoms with Crippen LogP contribution in [0.3, 0.4) is 0 Å². The molecule has 2 N–H and O–H groups in total. The Labute approximate surface area is 154 Å². The smallest absolute Gasteiger partial charge is 0.151 e. The molecule has 0 saturated carbocycles. The summed E-state index contributed by atoms with van der Waals surface area (Å²) in [6.07, 6.45) is 4.46. The molecule has 0 aromatic carbocycles. The van der Waals surface area contributed by atoms with E-state index in [4.69, 9.17) is 11.6 Å². The first kappa shape index (κ1) is 18.4. The maximum atomic E-state index is 10.0. The maximum Gasteiger partial charge on any atom is 0.151 e. The van der Waals surface area contributed by atoms with Crippen LogP contribution in [0.1, 0.15) is 68.5 Å². The molecule has 1 aliphatic heterocycles. The quantitative estimate of drug-likeness (QED) is 0.788. The fraction of sp³-hybridized carbons (Fsp3) is 0.667. The van der Waals surface area contributed by atoms with Gasteiger partial charge in [0.05, 0.1) is 23.2 Å². The molecule has 1 atom stereocenters. The number of H-pyrrole nitrogens is 1. The second-order valence-electron chi connectivity index (χ2n) is 6.83. The Kier molecular flexibility index (Phi) is 6.15. The highest BCUT2D eigenvalue weighted by molar-refractivity contribution is 6.30. The molecule has 3 rings (SSSR count). The van der Waals surface area contributed by atoms with Gasteiger partial charge in [-0.15, -0.1) is 0 Å². The SMILES string of the molecule is CCCCc1nc(Cl)c(CN2CCCn3nc([C@H](O)CC)cc3C2)[nH]1. The van der Waals surface area contributed by atoms with Crippen LogP contribution in [0, 0.1) is 0 Å². The molecule has 0 unspecified atom stereocenters. The van der Waals surface area contributed by atoms with E-state index in [9.17, 15) is 5.11 Å². The molecule has 0 saturated heterocycles. The van der Waals surface area contributed by atoms with E-state index < -0.39 is 6.10 Å². The Morgan fingerprint density at radius 2 is 2.20 bits per heavy atom. The summed E-state index contributed by atoms with van der Waals surface area (Å²) < 4.78 is 2.04. The highest BCUT2D eigenvalue weighted by Gasteiger charge is 2.20. The largest absolute Gasteiger partial charge is 0.387 e. The van der Waals surface area contributed by atoms with E-state index in [2.05, 4.69) is 26.9 Å². The number of imidazole rings is 1. The predicted molar refractivity (Wildman–Crippen MR) is 98.4 cm³/mol. The summed E-state index contributed by atoms with van der Waals surface area (Å²) >= 11 is 6.33. The first-order chi connectivity index (χ1) is 12.1. The van der Waals surface area contributed by atoms with Gasteiger partial charge in [0.25, 0.3) is 0 Å². The topological polar surface area (TPSA) is 70.0 Å². The van der Waals surface area contributed by atoms with Crippen molar-refractivity contribution in [2.75, 3.05) is 6.54 Å². The van der Waals surface area contributed by atoms with Crippen molar-refractivity contribution in [1.29, 1.82) is 0 Å². The van der Waals surface area contributed by atoms with Crippen LogP contribution in [0.25, 0.3) is 0 Å². The zero-order valence-corrected chi connectivity index (χ0v) is 15.9. The number of unbranched alkanes of at least 4 members (excludes halogenated alkanes) is 1. The van der Waals surface area contributed by atoms with E-state index in [1.54, 1.807) is 0 Å². The molecule has 138 valence electrons. The second kappa shape index (κ2) is 8.34. The van der Waals surface area contributed by atoms with Gasteiger partial charge < -0.3 is 10.1 Å². The van der Waals surface area contributed by atoms with Crippen LogP contribution < -0.4 is 0 Å². The van der Waals surface area contributed by atoms with E-state index in [-0.39, 0.29) is 0 Å². The number of hydrogen-bond acceptors (Lipinski definition) is 4. The number of aliphatic hydroxyl groups is 1. The van der Waals surface area contributed by atoms with E-state index in [1.165, 1.54) is 0 Å². The van der Waals surface area contributed by atoms with Gasteiger partial charge in [-0.2, -0.15) is 5.10 Å². The molecule has 0 aliphatic carbocycles. The summed E-state index contributed by atoms with van der Waals surface area (Å²) in [5.41, 5.74) is 2.93. The summed E-state index contributed by atoms with van der Waals surface area (Å²) in [5.74, 6) is 0.982. The Balaban J connectivity index is 1.69. The van der Waals surface area contributed by atoms with E-state index in [0.29, 0.717) is 11.6 Å². The molecule has 1 aliphatic rings. The fourth-order valence-corrected chi connectivity index (χ4v) is 3.50. The number of rotatable bonds is 7. The lowest BCUT2D eigenvalue weighted by molar-refractivity contribution is 0.167. The number of aliphatic hydroxyl groups excluding tert-OH is 1. The lowest BCUT2D eigenvalue weighted by Crippen LogP contribution is -2.23. The first-order valence-electron chi connectivity index (χ1n) is 9.31. The Morgan fingerprint density at radius 1 is 1.36 bits per heavy atom. The number of nitrogens with one attached hydrogen (secondary N) is 1. The number of aromatic nitrogens is 4. The molecular weight excluding hydrogens is 338 g/mol. The van der Waals surface area contributed by atoms with Crippen molar-refractivity contribution in [3.05, 3.63) is 34.1 Å². The fourth-order valence-electron chi connectivity index (χ4n) is 3.29. The van der Waals surface area contributed by atoms with Crippen molar-refractivity contribution in [2.45, 2.75) is 71.7 Å². The van der Waals surface area contributed by atoms with Crippen LogP contribution >= 0.6 is 11.6 Å². The molecule has 25 heavy (non-hydrogen) atoms. The van der Waals surface area contributed by atoms with Crippen LogP contribution in [0.2, 0.25) is 5.15 Å². The molecule has 2 aromatic rings. The van der Waals surface area contributed by atoms with Crippen LogP contribution in [-0.2, 0) is 26.1 Å². The van der Waals surface area contributed by atoms with E-state index >= 15 is 0 Å². The zero-order valence-electron chi connectivity index (χ0n) is 15.1. The monoisotopic (exact) mass is 365 g/mol. The Hall–Kier alpha value is -1.37. The van der Waals surface area contributed by atoms with Crippen LogP contribution in [0.15, 0.2) is 6.07 Å². The van der Waals surface area contributed by atoms with Gasteiger partial charge in [0, 0.05) is 32.6 Å². The lowest BCUT2D eigenvalue weighted by atomic mass is 10.2. The molecule has 0 spiro atoms. The van der Waals surface area contributed by atoms with Gasteiger partial charge in [-0.05, 0) is 25.3 Å². The highest BCUT2D eigenvalue weighted by atomic mass is 35.5. The molecule has 0 amide bonds. The third kappa shape index (κ3) is 4.43. The normalized spacial score (nSPS) is 16.6. The van der Waals surface area contributed by atoms with Crippen molar-refractivity contribution in [2.24, 2.45) is 0 Å². The number of aryl methyl sites for hydroxylation is 2. The van der Waals surface area contributed by atoms with E-state index in [1.807, 2.05) is 17.7 Å². The summed E-state index contributed by atoms with van der Waals surface area (Å²) in [7, 11) is 0. The zero-order chi connectivity index (χ0) is 17.8. The van der Waals surface area contributed by atoms with Gasteiger partial charge in [-0.1, -0.05) is 31.9 Å². The number of nitrogens with zero attached hydrogens (tertiary/aromatic N) is 4. The minimum Gasteiger partial charge on any atom is -0.387 e. The molecule has 6 nitrogen and oxygen atoms in total. The molecular formula is C18H28ClN5O. The molecule has 2 aromatic heterocycles. The number of hydrogen-bond donors (Lipinski definition) is 2. The van der Waals surface area contributed by atoms with Crippen molar-refractivity contribution in [3.63, 3.8) is 0 Å². The second-order valence-corrected chi connectivity index (χ2v) is 7.19. The van der Waals surface area contributed by atoms with Crippen molar-refractivity contribution < 1.29 is 5.11 Å². The number of halogens is 1. The number of fused-ring (bicyclic) bond motifs is 1. The Morgan fingerprint density at radius 3 is 2.96 bits per heavy atom. The van der Waals surface area contributed by atoms with Gasteiger partial charge >= 0.3 is 0 Å². The molecule has 0 bridgehead atoms. The molecule has 3 heterocycles. The van der Waals surface area contributed by atoms with Crippen LogP contribution in [0.5, 0.6) is 0 Å².